The number of hydrogen-bond acceptors (Lipinski definition) is 2. The van der Waals surface area contributed by atoms with Crippen LogP contribution in [0.5, 0.6) is 0 Å². The summed E-state index contributed by atoms with van der Waals surface area (Å²) in [6.07, 6.45) is 5.58. The second kappa shape index (κ2) is 7.82. The Hall–Kier alpha value is -0.280. The molecular formula is C17H25Cl2NO. The van der Waals surface area contributed by atoms with Crippen LogP contribution in [0.25, 0.3) is 0 Å². The first-order chi connectivity index (χ1) is 10.1. The van der Waals surface area contributed by atoms with Gasteiger partial charge in [-0.05, 0) is 44.4 Å². The maximum atomic E-state index is 6.37. The van der Waals surface area contributed by atoms with Crippen molar-refractivity contribution in [1.29, 1.82) is 0 Å². The Labute approximate surface area is 138 Å². The minimum atomic E-state index is -0.0591. The molecule has 1 unspecified atom stereocenters. The summed E-state index contributed by atoms with van der Waals surface area (Å²) < 4.78 is 6.21. The van der Waals surface area contributed by atoms with Gasteiger partial charge in [-0.15, -0.1) is 0 Å². The summed E-state index contributed by atoms with van der Waals surface area (Å²) in [5.74, 6) is 0. The van der Waals surface area contributed by atoms with Gasteiger partial charge in [-0.25, -0.2) is 0 Å². The topological polar surface area (TPSA) is 21.3 Å². The Morgan fingerprint density at radius 2 is 1.95 bits per heavy atom. The van der Waals surface area contributed by atoms with Gasteiger partial charge in [0.1, 0.15) is 0 Å². The largest absolute Gasteiger partial charge is 0.374 e. The molecular weight excluding hydrogens is 305 g/mol. The number of halogens is 2. The molecule has 2 nitrogen and oxygen atoms in total. The van der Waals surface area contributed by atoms with E-state index < -0.39 is 0 Å². The van der Waals surface area contributed by atoms with E-state index in [-0.39, 0.29) is 11.6 Å². The first-order valence-corrected chi connectivity index (χ1v) is 8.68. The highest BCUT2D eigenvalue weighted by molar-refractivity contribution is 6.42. The van der Waals surface area contributed by atoms with Crippen molar-refractivity contribution >= 4 is 23.2 Å². The molecule has 0 aliphatic heterocycles. The van der Waals surface area contributed by atoms with Gasteiger partial charge < -0.3 is 10.1 Å². The van der Waals surface area contributed by atoms with Crippen LogP contribution in [0.4, 0.5) is 0 Å². The fraction of sp³-hybridized carbons (Fsp3) is 0.647. The van der Waals surface area contributed by atoms with E-state index in [9.17, 15) is 0 Å². The molecule has 1 saturated carbocycles. The highest BCUT2D eigenvalue weighted by Crippen LogP contribution is 2.38. The Morgan fingerprint density at radius 1 is 1.24 bits per heavy atom. The Kier molecular flexibility index (Phi) is 6.36. The Bertz CT molecular complexity index is 458. The summed E-state index contributed by atoms with van der Waals surface area (Å²) in [4.78, 5) is 0. The summed E-state index contributed by atoms with van der Waals surface area (Å²) in [6.45, 7) is 5.90. The average molecular weight is 330 g/mol. The van der Waals surface area contributed by atoms with Gasteiger partial charge in [0, 0.05) is 12.6 Å². The van der Waals surface area contributed by atoms with Crippen LogP contribution in [0.15, 0.2) is 18.2 Å². The lowest BCUT2D eigenvalue weighted by molar-refractivity contribution is -0.0609. The van der Waals surface area contributed by atoms with E-state index in [4.69, 9.17) is 27.9 Å². The van der Waals surface area contributed by atoms with Crippen LogP contribution in [-0.4, -0.2) is 24.8 Å². The molecule has 1 aliphatic rings. The zero-order valence-electron chi connectivity index (χ0n) is 12.9. The Morgan fingerprint density at radius 3 is 2.57 bits per heavy atom. The van der Waals surface area contributed by atoms with Gasteiger partial charge in [-0.2, -0.15) is 0 Å². The van der Waals surface area contributed by atoms with Crippen molar-refractivity contribution in [2.45, 2.75) is 57.6 Å². The molecule has 0 saturated heterocycles. The molecule has 4 heteroatoms. The third-order valence-electron chi connectivity index (χ3n) is 4.42. The molecule has 1 aromatic carbocycles. The maximum absolute atomic E-state index is 6.37. The molecule has 1 aromatic rings. The number of hydrogen-bond donors (Lipinski definition) is 1. The van der Waals surface area contributed by atoms with Crippen molar-refractivity contribution in [3.63, 3.8) is 0 Å². The molecule has 1 N–H and O–H groups in total. The maximum Gasteiger partial charge on any atom is 0.0837 e. The van der Waals surface area contributed by atoms with Gasteiger partial charge in [-0.1, -0.05) is 55.1 Å². The molecule has 118 valence electrons. The van der Waals surface area contributed by atoms with Gasteiger partial charge >= 0.3 is 0 Å². The van der Waals surface area contributed by atoms with Crippen LogP contribution in [0.3, 0.4) is 0 Å². The van der Waals surface area contributed by atoms with E-state index in [0.717, 1.165) is 38.0 Å². The standard InChI is InChI=1S/C17H25Cl2NO/c1-3-20-15(17(21-4-2)10-5-6-11-17)12-13-8-7-9-14(18)16(13)19/h7-9,15,20H,3-6,10-12H2,1-2H3. The van der Waals surface area contributed by atoms with E-state index in [2.05, 4.69) is 25.2 Å². The highest BCUT2D eigenvalue weighted by atomic mass is 35.5. The summed E-state index contributed by atoms with van der Waals surface area (Å²) in [5.41, 5.74) is 1.04. The van der Waals surface area contributed by atoms with Gasteiger partial charge in [0.05, 0.1) is 15.6 Å². The number of ether oxygens (including phenoxy) is 1. The van der Waals surface area contributed by atoms with Crippen molar-refractivity contribution in [1.82, 2.24) is 5.32 Å². The number of likely N-dealkylation sites (N-methyl/N-ethyl adjacent to an activating group) is 1. The van der Waals surface area contributed by atoms with E-state index in [0.29, 0.717) is 10.0 Å². The average Bonchev–Trinajstić information content (AvgIpc) is 2.93. The smallest absolute Gasteiger partial charge is 0.0837 e. The zero-order valence-corrected chi connectivity index (χ0v) is 14.4. The van der Waals surface area contributed by atoms with Gasteiger partial charge in [0.15, 0.2) is 0 Å². The van der Waals surface area contributed by atoms with Gasteiger partial charge in [0.2, 0.25) is 0 Å². The van der Waals surface area contributed by atoms with Crippen molar-refractivity contribution in [2.75, 3.05) is 13.2 Å². The molecule has 0 heterocycles. The molecule has 0 amide bonds. The third kappa shape index (κ3) is 3.92. The van der Waals surface area contributed by atoms with Crippen LogP contribution in [0.1, 0.15) is 45.1 Å². The number of nitrogens with one attached hydrogen (secondary N) is 1. The summed E-state index contributed by atoms with van der Waals surface area (Å²) in [7, 11) is 0. The van der Waals surface area contributed by atoms with Crippen molar-refractivity contribution in [3.8, 4) is 0 Å². The summed E-state index contributed by atoms with van der Waals surface area (Å²) >= 11 is 12.5. The normalized spacial score (nSPS) is 18.9. The monoisotopic (exact) mass is 329 g/mol. The van der Waals surface area contributed by atoms with Crippen molar-refractivity contribution < 1.29 is 4.74 Å². The van der Waals surface area contributed by atoms with Crippen LogP contribution in [-0.2, 0) is 11.2 Å². The quantitative estimate of drug-likeness (QED) is 0.771. The number of rotatable bonds is 7. The SMILES string of the molecule is CCNC(Cc1cccc(Cl)c1Cl)C1(OCC)CCCC1. The van der Waals surface area contributed by atoms with E-state index in [1.54, 1.807) is 0 Å². The zero-order chi connectivity index (χ0) is 15.3. The van der Waals surface area contributed by atoms with E-state index in [1.165, 1.54) is 12.8 Å². The minimum Gasteiger partial charge on any atom is -0.374 e. The van der Waals surface area contributed by atoms with Crippen molar-refractivity contribution in [2.24, 2.45) is 0 Å². The first kappa shape index (κ1) is 17.1. The fourth-order valence-corrected chi connectivity index (χ4v) is 3.87. The first-order valence-electron chi connectivity index (χ1n) is 7.93. The van der Waals surface area contributed by atoms with Crippen LogP contribution in [0, 0.1) is 0 Å². The molecule has 0 radical (unpaired) electrons. The van der Waals surface area contributed by atoms with Gasteiger partial charge in [-0.3, -0.25) is 0 Å². The second-order valence-corrected chi connectivity index (χ2v) is 6.52. The van der Waals surface area contributed by atoms with Crippen molar-refractivity contribution in [3.05, 3.63) is 33.8 Å². The van der Waals surface area contributed by atoms with E-state index >= 15 is 0 Å². The predicted molar refractivity (Wildman–Crippen MR) is 90.5 cm³/mol. The lowest BCUT2D eigenvalue weighted by Gasteiger charge is -2.38. The van der Waals surface area contributed by atoms with Crippen LogP contribution < -0.4 is 5.32 Å². The van der Waals surface area contributed by atoms with Crippen LogP contribution in [0.2, 0.25) is 10.0 Å². The lowest BCUT2D eigenvalue weighted by Crippen LogP contribution is -2.52. The summed E-state index contributed by atoms with van der Waals surface area (Å²) in [5, 5.41) is 4.92. The number of benzene rings is 1. The molecule has 1 atom stereocenters. The van der Waals surface area contributed by atoms with Crippen LogP contribution >= 0.6 is 23.2 Å². The second-order valence-electron chi connectivity index (χ2n) is 5.73. The minimum absolute atomic E-state index is 0.0591. The molecule has 0 spiro atoms. The van der Waals surface area contributed by atoms with E-state index in [1.807, 2.05) is 12.1 Å². The molecule has 1 fully saturated rings. The summed E-state index contributed by atoms with van der Waals surface area (Å²) in [6, 6.07) is 6.14. The molecule has 1 aliphatic carbocycles. The predicted octanol–water partition coefficient (Wildman–Crippen LogP) is 4.86. The Balaban J connectivity index is 2.23. The van der Waals surface area contributed by atoms with Gasteiger partial charge in [0.25, 0.3) is 0 Å². The molecule has 21 heavy (non-hydrogen) atoms. The molecule has 0 aromatic heterocycles. The molecule has 2 rings (SSSR count). The molecule has 0 bridgehead atoms. The highest BCUT2D eigenvalue weighted by Gasteiger charge is 2.41. The third-order valence-corrected chi connectivity index (χ3v) is 5.28. The lowest BCUT2D eigenvalue weighted by atomic mass is 9.87. The fourth-order valence-electron chi connectivity index (χ4n) is 3.47.